The molecule has 2 rings (SSSR count). The summed E-state index contributed by atoms with van der Waals surface area (Å²) in [5.41, 5.74) is 2.56. The van der Waals surface area contributed by atoms with Crippen molar-refractivity contribution in [3.63, 3.8) is 0 Å². The van der Waals surface area contributed by atoms with Crippen molar-refractivity contribution in [3.8, 4) is 5.75 Å². The molecule has 0 spiro atoms. The fourth-order valence-electron chi connectivity index (χ4n) is 1.75. The second kappa shape index (κ2) is 6.22. The number of ether oxygens (including phenoxy) is 1. The summed E-state index contributed by atoms with van der Waals surface area (Å²) in [5, 5.41) is 9.14. The lowest BCUT2D eigenvalue weighted by Crippen LogP contribution is -2.12. The summed E-state index contributed by atoms with van der Waals surface area (Å²) in [6.07, 6.45) is 0.492. The topological polar surface area (TPSA) is 29.5 Å². The van der Waals surface area contributed by atoms with Gasteiger partial charge in [0.05, 0.1) is 6.10 Å². The lowest BCUT2D eigenvalue weighted by atomic mass is 10.1. The lowest BCUT2D eigenvalue weighted by molar-refractivity contribution is 0.122. The van der Waals surface area contributed by atoms with Crippen LogP contribution in [0.3, 0.4) is 0 Å². The van der Waals surface area contributed by atoms with E-state index in [0.717, 1.165) is 12.2 Å². The van der Waals surface area contributed by atoms with Gasteiger partial charge in [0.2, 0.25) is 0 Å². The van der Waals surface area contributed by atoms with Crippen molar-refractivity contribution in [1.29, 1.82) is 0 Å². The zero-order valence-corrected chi connectivity index (χ0v) is 10.5. The molecule has 0 saturated heterocycles. The highest BCUT2D eigenvalue weighted by molar-refractivity contribution is 5.31. The lowest BCUT2D eigenvalue weighted by Gasteiger charge is -2.08. The number of hydrogen-bond donors (Lipinski definition) is 1. The van der Waals surface area contributed by atoms with Gasteiger partial charge in [0.15, 0.2) is 0 Å². The highest BCUT2D eigenvalue weighted by Gasteiger charge is 1.99. The van der Waals surface area contributed by atoms with Crippen molar-refractivity contribution >= 4 is 0 Å². The van der Waals surface area contributed by atoms with E-state index >= 15 is 0 Å². The standard InChI is InChI=1S/C16H18O2/c1-13(17)12-18-16-9-7-15(8-10-16)11-14-5-3-2-4-6-14/h2-10,13,17H,11-12H2,1H3. The van der Waals surface area contributed by atoms with Crippen LogP contribution in [0.2, 0.25) is 0 Å². The summed E-state index contributed by atoms with van der Waals surface area (Å²) in [7, 11) is 0. The second-order valence-electron chi connectivity index (χ2n) is 4.47. The van der Waals surface area contributed by atoms with Gasteiger partial charge < -0.3 is 9.84 Å². The molecule has 1 N–H and O–H groups in total. The number of aliphatic hydroxyl groups is 1. The summed E-state index contributed by atoms with van der Waals surface area (Å²) in [6, 6.07) is 18.4. The SMILES string of the molecule is CC(O)COc1ccc(Cc2ccccc2)cc1. The highest BCUT2D eigenvalue weighted by Crippen LogP contribution is 2.15. The van der Waals surface area contributed by atoms with Crippen LogP contribution in [0.25, 0.3) is 0 Å². The first-order chi connectivity index (χ1) is 8.74. The largest absolute Gasteiger partial charge is 0.491 e. The Hall–Kier alpha value is -1.80. The van der Waals surface area contributed by atoms with Crippen LogP contribution in [0.15, 0.2) is 54.6 Å². The summed E-state index contributed by atoms with van der Waals surface area (Å²) in [6.45, 7) is 2.04. The molecule has 1 unspecified atom stereocenters. The molecule has 0 aliphatic heterocycles. The minimum atomic E-state index is -0.436. The molecule has 94 valence electrons. The molecule has 2 aromatic rings. The van der Waals surface area contributed by atoms with Crippen molar-refractivity contribution in [2.45, 2.75) is 19.4 Å². The predicted molar refractivity (Wildman–Crippen MR) is 72.9 cm³/mol. The fraction of sp³-hybridized carbons (Fsp3) is 0.250. The monoisotopic (exact) mass is 242 g/mol. The fourth-order valence-corrected chi connectivity index (χ4v) is 1.75. The number of aliphatic hydroxyl groups excluding tert-OH is 1. The van der Waals surface area contributed by atoms with Crippen LogP contribution in [0.5, 0.6) is 5.75 Å². The third-order valence-electron chi connectivity index (χ3n) is 2.67. The normalized spacial score (nSPS) is 12.1. The van der Waals surface area contributed by atoms with E-state index in [0.29, 0.717) is 6.61 Å². The minimum absolute atomic E-state index is 0.331. The van der Waals surface area contributed by atoms with Crippen LogP contribution in [0, 0.1) is 0 Å². The molecule has 0 fully saturated rings. The van der Waals surface area contributed by atoms with Gasteiger partial charge in [0.1, 0.15) is 12.4 Å². The zero-order chi connectivity index (χ0) is 12.8. The predicted octanol–water partition coefficient (Wildman–Crippen LogP) is 3.04. The number of rotatable bonds is 5. The van der Waals surface area contributed by atoms with Gasteiger partial charge in [0, 0.05) is 0 Å². The molecule has 0 aliphatic rings. The average molecular weight is 242 g/mol. The summed E-state index contributed by atoms with van der Waals surface area (Å²) in [4.78, 5) is 0. The molecule has 2 nitrogen and oxygen atoms in total. The Morgan fingerprint density at radius 1 is 0.944 bits per heavy atom. The molecule has 0 amide bonds. The molecule has 2 aromatic carbocycles. The van der Waals surface area contributed by atoms with Gasteiger partial charge in [-0.25, -0.2) is 0 Å². The van der Waals surface area contributed by atoms with Gasteiger partial charge in [-0.2, -0.15) is 0 Å². The van der Waals surface area contributed by atoms with Gasteiger partial charge in [-0.3, -0.25) is 0 Å². The Kier molecular flexibility index (Phi) is 4.37. The molecule has 0 radical (unpaired) electrons. The van der Waals surface area contributed by atoms with Crippen LogP contribution in [-0.4, -0.2) is 17.8 Å². The molecule has 0 aliphatic carbocycles. The van der Waals surface area contributed by atoms with E-state index in [1.807, 2.05) is 18.2 Å². The van der Waals surface area contributed by atoms with E-state index in [2.05, 4.69) is 36.4 Å². The summed E-state index contributed by atoms with van der Waals surface area (Å²) in [5.74, 6) is 0.799. The molecule has 1 atom stereocenters. The molecule has 0 heterocycles. The van der Waals surface area contributed by atoms with Crippen molar-refractivity contribution in [2.75, 3.05) is 6.61 Å². The Labute approximate surface area is 108 Å². The molecular formula is C16H18O2. The number of hydrogen-bond acceptors (Lipinski definition) is 2. The Bertz CT molecular complexity index is 460. The maximum absolute atomic E-state index is 9.14. The van der Waals surface area contributed by atoms with Gasteiger partial charge in [-0.15, -0.1) is 0 Å². The first-order valence-electron chi connectivity index (χ1n) is 6.18. The first-order valence-corrected chi connectivity index (χ1v) is 6.18. The van der Waals surface area contributed by atoms with E-state index in [1.54, 1.807) is 6.92 Å². The van der Waals surface area contributed by atoms with Crippen LogP contribution in [-0.2, 0) is 6.42 Å². The summed E-state index contributed by atoms with van der Waals surface area (Å²) < 4.78 is 5.42. The van der Waals surface area contributed by atoms with Crippen LogP contribution >= 0.6 is 0 Å². The van der Waals surface area contributed by atoms with Gasteiger partial charge in [-0.1, -0.05) is 42.5 Å². The maximum atomic E-state index is 9.14. The third-order valence-corrected chi connectivity index (χ3v) is 2.67. The maximum Gasteiger partial charge on any atom is 0.119 e. The van der Waals surface area contributed by atoms with Gasteiger partial charge >= 0.3 is 0 Å². The van der Waals surface area contributed by atoms with Crippen molar-refractivity contribution in [3.05, 3.63) is 65.7 Å². The Morgan fingerprint density at radius 3 is 2.17 bits per heavy atom. The van der Waals surface area contributed by atoms with Gasteiger partial charge in [-0.05, 0) is 36.6 Å². The molecular weight excluding hydrogens is 224 g/mol. The van der Waals surface area contributed by atoms with Crippen molar-refractivity contribution in [2.24, 2.45) is 0 Å². The second-order valence-corrected chi connectivity index (χ2v) is 4.47. The molecule has 0 aromatic heterocycles. The van der Waals surface area contributed by atoms with E-state index < -0.39 is 6.10 Å². The third kappa shape index (κ3) is 3.90. The molecule has 0 saturated carbocycles. The van der Waals surface area contributed by atoms with Gasteiger partial charge in [0.25, 0.3) is 0 Å². The van der Waals surface area contributed by atoms with Crippen LogP contribution in [0.1, 0.15) is 18.1 Å². The van der Waals surface area contributed by atoms with E-state index in [1.165, 1.54) is 11.1 Å². The van der Waals surface area contributed by atoms with E-state index in [-0.39, 0.29) is 0 Å². The Balaban J connectivity index is 1.95. The molecule has 2 heteroatoms. The van der Waals surface area contributed by atoms with Crippen molar-refractivity contribution in [1.82, 2.24) is 0 Å². The summed E-state index contributed by atoms with van der Waals surface area (Å²) >= 11 is 0. The quantitative estimate of drug-likeness (QED) is 0.873. The smallest absolute Gasteiger partial charge is 0.119 e. The Morgan fingerprint density at radius 2 is 1.56 bits per heavy atom. The minimum Gasteiger partial charge on any atom is -0.491 e. The first kappa shape index (κ1) is 12.7. The van der Waals surface area contributed by atoms with E-state index in [4.69, 9.17) is 9.84 Å². The average Bonchev–Trinajstić information content (AvgIpc) is 2.39. The molecule has 18 heavy (non-hydrogen) atoms. The molecule has 0 bridgehead atoms. The van der Waals surface area contributed by atoms with Crippen LogP contribution in [0.4, 0.5) is 0 Å². The van der Waals surface area contributed by atoms with Crippen molar-refractivity contribution < 1.29 is 9.84 Å². The highest BCUT2D eigenvalue weighted by atomic mass is 16.5. The zero-order valence-electron chi connectivity index (χ0n) is 10.5. The number of benzene rings is 2. The van der Waals surface area contributed by atoms with E-state index in [9.17, 15) is 0 Å². The van der Waals surface area contributed by atoms with Crippen LogP contribution < -0.4 is 4.74 Å².